The Labute approximate surface area is 147 Å². The topological polar surface area (TPSA) is 84.5 Å². The van der Waals surface area contributed by atoms with Gasteiger partial charge in [0.1, 0.15) is 9.96 Å². The van der Waals surface area contributed by atoms with Crippen LogP contribution in [-0.4, -0.2) is 28.0 Å². The second kappa shape index (κ2) is 7.50. The molecule has 23 heavy (non-hydrogen) atoms. The third kappa shape index (κ3) is 4.82. The number of anilines is 1. The molecule has 1 heterocycles. The smallest absolute Gasteiger partial charge is 0.250 e. The molecule has 6 nitrogen and oxygen atoms in total. The van der Waals surface area contributed by atoms with Crippen LogP contribution in [0.4, 0.5) is 5.69 Å². The molecule has 0 aliphatic carbocycles. The maximum Gasteiger partial charge on any atom is 0.250 e. The van der Waals surface area contributed by atoms with Crippen molar-refractivity contribution in [2.24, 2.45) is 0 Å². The van der Waals surface area contributed by atoms with Gasteiger partial charge in [-0.1, -0.05) is 23.2 Å². The number of methoxy groups -OCH3 is 1. The fourth-order valence-electron chi connectivity index (χ4n) is 1.62. The summed E-state index contributed by atoms with van der Waals surface area (Å²) in [6.07, 6.45) is 0. The zero-order chi connectivity index (χ0) is 17.0. The lowest BCUT2D eigenvalue weighted by molar-refractivity contribution is -0.115. The molecule has 0 unspecified atom stereocenters. The molecular formula is C13H12Cl2N2O4S2. The molecule has 0 bridgehead atoms. The Morgan fingerprint density at radius 2 is 2.00 bits per heavy atom. The van der Waals surface area contributed by atoms with Gasteiger partial charge >= 0.3 is 0 Å². The minimum Gasteiger partial charge on any atom is -0.495 e. The molecule has 2 rings (SSSR count). The van der Waals surface area contributed by atoms with E-state index in [9.17, 15) is 13.2 Å². The van der Waals surface area contributed by atoms with Crippen molar-refractivity contribution < 1.29 is 17.9 Å². The first-order valence-corrected chi connectivity index (χ1v) is 9.26. The number of carbonyl (C=O) groups is 1. The molecule has 0 radical (unpaired) electrons. The van der Waals surface area contributed by atoms with Crippen molar-refractivity contribution in [1.29, 1.82) is 0 Å². The van der Waals surface area contributed by atoms with Gasteiger partial charge in [0.2, 0.25) is 5.91 Å². The SMILES string of the molecule is COc1ccc(NC(=O)CNS(=O)(=O)c2ccc(Cl)s2)cc1Cl. The highest BCUT2D eigenvalue weighted by molar-refractivity contribution is 7.91. The fraction of sp³-hybridized carbons (Fsp3) is 0.154. The zero-order valence-corrected chi connectivity index (χ0v) is 14.9. The molecule has 124 valence electrons. The molecule has 0 aliphatic rings. The summed E-state index contributed by atoms with van der Waals surface area (Å²) in [5.41, 5.74) is 0.430. The summed E-state index contributed by atoms with van der Waals surface area (Å²) in [5, 5.41) is 2.87. The van der Waals surface area contributed by atoms with E-state index in [0.717, 1.165) is 11.3 Å². The predicted octanol–water partition coefficient (Wildman–Crippen LogP) is 2.98. The lowest BCUT2D eigenvalue weighted by atomic mass is 10.3. The van der Waals surface area contributed by atoms with E-state index in [1.807, 2.05) is 0 Å². The molecule has 0 saturated heterocycles. The average Bonchev–Trinajstić information content (AvgIpc) is 2.93. The molecule has 1 aromatic carbocycles. The van der Waals surface area contributed by atoms with E-state index >= 15 is 0 Å². The fourth-order valence-corrected chi connectivity index (χ4v) is 4.39. The van der Waals surface area contributed by atoms with E-state index in [-0.39, 0.29) is 4.21 Å². The van der Waals surface area contributed by atoms with Crippen molar-refractivity contribution in [1.82, 2.24) is 4.72 Å². The van der Waals surface area contributed by atoms with Crippen molar-refractivity contribution in [3.05, 3.63) is 39.7 Å². The van der Waals surface area contributed by atoms with Crippen LogP contribution < -0.4 is 14.8 Å². The number of thiophene rings is 1. The maximum atomic E-state index is 12.0. The van der Waals surface area contributed by atoms with Crippen LogP contribution in [0, 0.1) is 0 Å². The highest BCUT2D eigenvalue weighted by Gasteiger charge is 2.17. The van der Waals surface area contributed by atoms with Gasteiger partial charge < -0.3 is 10.1 Å². The number of ether oxygens (including phenoxy) is 1. The Morgan fingerprint density at radius 3 is 2.57 bits per heavy atom. The van der Waals surface area contributed by atoms with Gasteiger partial charge in [0, 0.05) is 5.69 Å². The molecular weight excluding hydrogens is 383 g/mol. The Balaban J connectivity index is 1.96. The number of nitrogens with one attached hydrogen (secondary N) is 2. The summed E-state index contributed by atoms with van der Waals surface area (Å²) in [5.74, 6) is -0.0580. The largest absolute Gasteiger partial charge is 0.495 e. The lowest BCUT2D eigenvalue weighted by Gasteiger charge is -2.08. The molecule has 0 atom stereocenters. The van der Waals surface area contributed by atoms with Gasteiger partial charge in [-0.05, 0) is 30.3 Å². The number of amides is 1. The quantitative estimate of drug-likeness (QED) is 0.788. The van der Waals surface area contributed by atoms with Gasteiger partial charge in [-0.25, -0.2) is 13.1 Å². The Bertz CT molecular complexity index is 821. The summed E-state index contributed by atoms with van der Waals surface area (Å²) in [6, 6.07) is 7.54. The number of rotatable bonds is 6. The second-order valence-corrected chi connectivity index (χ2v) is 8.40. The van der Waals surface area contributed by atoms with Gasteiger partial charge in [-0.3, -0.25) is 4.79 Å². The van der Waals surface area contributed by atoms with Crippen molar-refractivity contribution in [3.63, 3.8) is 0 Å². The van der Waals surface area contributed by atoms with Crippen molar-refractivity contribution in [2.75, 3.05) is 19.0 Å². The molecule has 0 saturated carbocycles. The number of hydrogen-bond donors (Lipinski definition) is 2. The standard InChI is InChI=1S/C13H12Cl2N2O4S2/c1-21-10-3-2-8(6-9(10)14)17-12(18)7-16-23(19,20)13-5-4-11(15)22-13/h2-6,16H,7H2,1H3,(H,17,18). The highest BCUT2D eigenvalue weighted by Crippen LogP contribution is 2.27. The van der Waals surface area contributed by atoms with Gasteiger partial charge in [0.05, 0.1) is 23.0 Å². The van der Waals surface area contributed by atoms with E-state index in [2.05, 4.69) is 10.0 Å². The Kier molecular flexibility index (Phi) is 5.88. The van der Waals surface area contributed by atoms with Crippen LogP contribution in [0.5, 0.6) is 5.75 Å². The number of halogens is 2. The van der Waals surface area contributed by atoms with Crippen LogP contribution in [-0.2, 0) is 14.8 Å². The van der Waals surface area contributed by atoms with Crippen LogP contribution in [0.15, 0.2) is 34.5 Å². The number of sulfonamides is 1. The van der Waals surface area contributed by atoms with Gasteiger partial charge in [-0.15, -0.1) is 11.3 Å². The second-order valence-electron chi connectivity index (χ2n) is 4.28. The van der Waals surface area contributed by atoms with E-state index in [1.54, 1.807) is 12.1 Å². The minimum absolute atomic E-state index is 0.0443. The summed E-state index contributed by atoms with van der Waals surface area (Å²) < 4.78 is 31.5. The monoisotopic (exact) mass is 394 g/mol. The van der Waals surface area contributed by atoms with Crippen LogP contribution in [0.3, 0.4) is 0 Å². The molecule has 1 aromatic heterocycles. The first-order chi connectivity index (χ1) is 10.8. The summed E-state index contributed by atoms with van der Waals surface area (Å²) in [6.45, 7) is -0.415. The molecule has 0 spiro atoms. The summed E-state index contributed by atoms with van der Waals surface area (Å²) >= 11 is 12.6. The molecule has 10 heteroatoms. The van der Waals surface area contributed by atoms with Crippen LogP contribution in [0.1, 0.15) is 0 Å². The first kappa shape index (κ1) is 18.0. The van der Waals surface area contributed by atoms with Crippen LogP contribution in [0.25, 0.3) is 0 Å². The first-order valence-electron chi connectivity index (χ1n) is 6.20. The average molecular weight is 395 g/mol. The third-order valence-corrected chi connectivity index (χ3v) is 6.09. The number of carbonyl (C=O) groups excluding carboxylic acids is 1. The van der Waals surface area contributed by atoms with Gasteiger partial charge in [0.25, 0.3) is 10.0 Å². The number of hydrogen-bond acceptors (Lipinski definition) is 5. The van der Waals surface area contributed by atoms with Crippen molar-refractivity contribution in [3.8, 4) is 5.75 Å². The predicted molar refractivity (Wildman–Crippen MR) is 91.2 cm³/mol. The number of benzene rings is 1. The van der Waals surface area contributed by atoms with E-state index in [4.69, 9.17) is 27.9 Å². The zero-order valence-electron chi connectivity index (χ0n) is 11.8. The van der Waals surface area contributed by atoms with Crippen molar-refractivity contribution in [2.45, 2.75) is 4.21 Å². The maximum absolute atomic E-state index is 12.0. The van der Waals surface area contributed by atoms with Crippen molar-refractivity contribution >= 4 is 56.2 Å². The van der Waals surface area contributed by atoms with Crippen LogP contribution in [0.2, 0.25) is 9.36 Å². The normalized spacial score (nSPS) is 11.3. The molecule has 0 aliphatic heterocycles. The molecule has 2 N–H and O–H groups in total. The third-order valence-electron chi connectivity index (χ3n) is 2.67. The summed E-state index contributed by atoms with van der Waals surface area (Å²) in [4.78, 5) is 11.8. The molecule has 2 aromatic rings. The van der Waals surface area contributed by atoms with E-state index < -0.39 is 22.5 Å². The summed E-state index contributed by atoms with van der Waals surface area (Å²) in [7, 11) is -2.29. The Morgan fingerprint density at radius 1 is 1.26 bits per heavy atom. The molecule has 0 fully saturated rings. The van der Waals surface area contributed by atoms with Gasteiger partial charge in [0.15, 0.2) is 0 Å². The minimum atomic E-state index is -3.77. The Hall–Kier alpha value is -1.32. The molecule has 1 amide bonds. The van der Waals surface area contributed by atoms with Gasteiger partial charge in [-0.2, -0.15) is 0 Å². The lowest BCUT2D eigenvalue weighted by Crippen LogP contribution is -2.32. The van der Waals surface area contributed by atoms with E-state index in [0.29, 0.717) is 20.8 Å². The highest BCUT2D eigenvalue weighted by atomic mass is 35.5. The van der Waals surface area contributed by atoms with E-state index in [1.165, 1.54) is 25.3 Å². The van der Waals surface area contributed by atoms with Crippen LogP contribution >= 0.6 is 34.5 Å².